The van der Waals surface area contributed by atoms with Crippen LogP contribution in [0.3, 0.4) is 0 Å². The summed E-state index contributed by atoms with van der Waals surface area (Å²) in [6.07, 6.45) is 5.52. The van der Waals surface area contributed by atoms with E-state index in [0.29, 0.717) is 28.0 Å². The zero-order valence-corrected chi connectivity index (χ0v) is 21.4. The molecule has 4 rings (SSSR count). The van der Waals surface area contributed by atoms with Crippen LogP contribution in [0.5, 0.6) is 11.5 Å². The molecule has 0 spiro atoms. The lowest BCUT2D eigenvalue weighted by atomic mass is 9.84. The van der Waals surface area contributed by atoms with Crippen LogP contribution in [0.15, 0.2) is 70.7 Å². The average Bonchev–Trinajstić information content (AvgIpc) is 2.85. The number of ether oxygens (including phenoxy) is 1. The van der Waals surface area contributed by atoms with Gasteiger partial charge in [-0.15, -0.1) is 11.8 Å². The van der Waals surface area contributed by atoms with Crippen LogP contribution in [0.4, 0.5) is 5.69 Å². The molecular formula is C27H31NO5S2. The smallest absolute Gasteiger partial charge is 0.261 e. The molecule has 0 bridgehead atoms. The minimum atomic E-state index is -3.92. The van der Waals surface area contributed by atoms with Gasteiger partial charge in [-0.05, 0) is 55.5 Å². The third-order valence-corrected chi connectivity index (χ3v) is 8.72. The Morgan fingerprint density at radius 2 is 1.83 bits per heavy atom. The minimum absolute atomic E-state index is 0.0330. The lowest BCUT2D eigenvalue weighted by Gasteiger charge is -2.25. The highest BCUT2D eigenvalue weighted by Gasteiger charge is 2.24. The standard InChI is InChI=1S/C27H31NO5S2/c1-3-33-25-14-13-20(15-23(25)19-9-5-4-6-10-19)35(31,32)28-24-16-26(34-17-18(2)29)27(30)22-12-8-7-11-21(22)24/h7-8,11-16,19,28-30H,2-6,9-10,17H2,1H3. The molecule has 3 aromatic carbocycles. The Balaban J connectivity index is 1.74. The number of sulfonamides is 1. The molecule has 3 aromatic rings. The molecule has 35 heavy (non-hydrogen) atoms. The molecule has 186 valence electrons. The molecular weight excluding hydrogens is 482 g/mol. The zero-order valence-electron chi connectivity index (χ0n) is 19.8. The highest BCUT2D eigenvalue weighted by Crippen LogP contribution is 2.42. The van der Waals surface area contributed by atoms with Gasteiger partial charge in [0.1, 0.15) is 11.5 Å². The molecule has 0 aromatic heterocycles. The third kappa shape index (κ3) is 5.70. The number of benzene rings is 3. The fourth-order valence-corrected chi connectivity index (χ4v) is 6.48. The van der Waals surface area contributed by atoms with Gasteiger partial charge in [0.15, 0.2) is 0 Å². The molecule has 0 atom stereocenters. The Labute approximate surface area is 211 Å². The number of phenolic OH excluding ortho intramolecular Hbond substituents is 1. The Hall–Kier alpha value is -2.84. The van der Waals surface area contributed by atoms with Crippen molar-refractivity contribution in [2.45, 2.75) is 54.7 Å². The van der Waals surface area contributed by atoms with Crippen molar-refractivity contribution >= 4 is 38.2 Å². The van der Waals surface area contributed by atoms with E-state index in [-0.39, 0.29) is 28.1 Å². The largest absolute Gasteiger partial charge is 0.512 e. The number of aliphatic hydroxyl groups excluding tert-OH is 1. The Kier molecular flexibility index (Phi) is 7.82. The van der Waals surface area contributed by atoms with E-state index < -0.39 is 10.0 Å². The van der Waals surface area contributed by atoms with Gasteiger partial charge >= 0.3 is 0 Å². The van der Waals surface area contributed by atoms with Gasteiger partial charge in [-0.3, -0.25) is 4.72 Å². The Bertz CT molecular complexity index is 1330. The summed E-state index contributed by atoms with van der Waals surface area (Å²) < 4.78 is 35.6. The fraction of sp³-hybridized carbons (Fsp3) is 0.333. The summed E-state index contributed by atoms with van der Waals surface area (Å²) in [5.41, 5.74) is 1.31. The van der Waals surface area contributed by atoms with Crippen LogP contribution in [-0.4, -0.2) is 31.0 Å². The van der Waals surface area contributed by atoms with Gasteiger partial charge in [-0.2, -0.15) is 0 Å². The number of fused-ring (bicyclic) bond motifs is 1. The number of aromatic hydroxyl groups is 1. The van der Waals surface area contributed by atoms with Crippen LogP contribution in [0.2, 0.25) is 0 Å². The monoisotopic (exact) mass is 513 g/mol. The summed E-state index contributed by atoms with van der Waals surface area (Å²) in [7, 11) is -3.92. The van der Waals surface area contributed by atoms with Crippen molar-refractivity contribution < 1.29 is 23.4 Å². The first-order chi connectivity index (χ1) is 16.8. The van der Waals surface area contributed by atoms with Crippen molar-refractivity contribution in [3.8, 4) is 11.5 Å². The van der Waals surface area contributed by atoms with Crippen LogP contribution in [0.1, 0.15) is 50.5 Å². The normalized spacial score (nSPS) is 14.7. The van der Waals surface area contributed by atoms with Gasteiger partial charge in [0.05, 0.1) is 33.6 Å². The van der Waals surface area contributed by atoms with Gasteiger partial charge in [0.2, 0.25) is 0 Å². The predicted molar refractivity (Wildman–Crippen MR) is 142 cm³/mol. The van der Waals surface area contributed by atoms with Crippen molar-refractivity contribution in [2.24, 2.45) is 0 Å². The van der Waals surface area contributed by atoms with Gasteiger partial charge in [0.25, 0.3) is 10.0 Å². The quantitative estimate of drug-likeness (QED) is 0.163. The number of phenols is 1. The molecule has 0 unspecified atom stereocenters. The molecule has 6 nitrogen and oxygen atoms in total. The molecule has 1 fully saturated rings. The molecule has 0 radical (unpaired) electrons. The first kappa shape index (κ1) is 25.3. The maximum Gasteiger partial charge on any atom is 0.261 e. The molecule has 1 aliphatic carbocycles. The highest BCUT2D eigenvalue weighted by molar-refractivity contribution is 7.99. The van der Waals surface area contributed by atoms with Crippen molar-refractivity contribution in [1.82, 2.24) is 0 Å². The summed E-state index contributed by atoms with van der Waals surface area (Å²) in [6.45, 7) is 5.93. The molecule has 3 N–H and O–H groups in total. The number of hydrogen-bond acceptors (Lipinski definition) is 6. The van der Waals surface area contributed by atoms with E-state index in [1.807, 2.05) is 6.92 Å². The summed E-state index contributed by atoms with van der Waals surface area (Å²) in [6, 6.07) is 13.7. The lowest BCUT2D eigenvalue weighted by molar-refractivity contribution is 0.328. The summed E-state index contributed by atoms with van der Waals surface area (Å²) >= 11 is 1.18. The number of nitrogens with one attached hydrogen (secondary N) is 1. The molecule has 1 aliphatic rings. The number of hydrogen-bond donors (Lipinski definition) is 3. The fourth-order valence-electron chi connectivity index (χ4n) is 4.61. The highest BCUT2D eigenvalue weighted by atomic mass is 32.2. The van der Waals surface area contributed by atoms with Crippen LogP contribution in [0, 0.1) is 0 Å². The Morgan fingerprint density at radius 3 is 2.51 bits per heavy atom. The lowest BCUT2D eigenvalue weighted by Crippen LogP contribution is -2.15. The van der Waals surface area contributed by atoms with Crippen LogP contribution in [0.25, 0.3) is 10.8 Å². The Morgan fingerprint density at radius 1 is 1.11 bits per heavy atom. The van der Waals surface area contributed by atoms with Gasteiger partial charge in [0, 0.05) is 10.8 Å². The second-order valence-electron chi connectivity index (χ2n) is 8.74. The van der Waals surface area contributed by atoms with Crippen molar-refractivity contribution in [3.05, 3.63) is 66.4 Å². The zero-order chi connectivity index (χ0) is 25.0. The number of thioether (sulfide) groups is 1. The van der Waals surface area contributed by atoms with Crippen molar-refractivity contribution in [3.63, 3.8) is 0 Å². The number of rotatable bonds is 9. The van der Waals surface area contributed by atoms with E-state index in [4.69, 9.17) is 4.74 Å². The topological polar surface area (TPSA) is 95.9 Å². The first-order valence-electron chi connectivity index (χ1n) is 11.8. The van der Waals surface area contributed by atoms with Gasteiger partial charge < -0.3 is 14.9 Å². The second-order valence-corrected chi connectivity index (χ2v) is 11.4. The van der Waals surface area contributed by atoms with E-state index >= 15 is 0 Å². The minimum Gasteiger partial charge on any atom is -0.512 e. The molecule has 0 amide bonds. The predicted octanol–water partition coefficient (Wildman–Crippen LogP) is 6.96. The summed E-state index contributed by atoms with van der Waals surface area (Å²) in [5, 5.41) is 21.3. The average molecular weight is 514 g/mol. The molecule has 0 saturated heterocycles. The van der Waals surface area contributed by atoms with Crippen molar-refractivity contribution in [2.75, 3.05) is 17.1 Å². The van der Waals surface area contributed by atoms with Crippen LogP contribution >= 0.6 is 11.8 Å². The van der Waals surface area contributed by atoms with E-state index in [9.17, 15) is 18.6 Å². The second kappa shape index (κ2) is 10.8. The van der Waals surface area contributed by atoms with Crippen LogP contribution < -0.4 is 9.46 Å². The third-order valence-electron chi connectivity index (χ3n) is 6.26. The SMILES string of the molecule is C=C(O)CSc1cc(NS(=O)(=O)c2ccc(OCC)c(C3CCCCC3)c2)c2ccccc2c1O. The molecule has 1 saturated carbocycles. The van der Waals surface area contributed by atoms with Crippen LogP contribution in [-0.2, 0) is 10.0 Å². The van der Waals surface area contributed by atoms with Gasteiger partial charge in [-0.1, -0.05) is 50.1 Å². The van der Waals surface area contributed by atoms with Crippen molar-refractivity contribution in [1.29, 1.82) is 0 Å². The summed E-state index contributed by atoms with van der Waals surface area (Å²) in [5.74, 6) is 1.22. The number of aliphatic hydroxyl groups is 1. The number of anilines is 1. The maximum absolute atomic E-state index is 13.5. The van der Waals surface area contributed by atoms with E-state index in [1.165, 1.54) is 18.2 Å². The van der Waals surface area contributed by atoms with Gasteiger partial charge in [-0.25, -0.2) is 8.42 Å². The molecule has 8 heteroatoms. The summed E-state index contributed by atoms with van der Waals surface area (Å²) in [4.78, 5) is 0.628. The first-order valence-corrected chi connectivity index (χ1v) is 14.3. The van der Waals surface area contributed by atoms with E-state index in [0.717, 1.165) is 37.0 Å². The maximum atomic E-state index is 13.5. The van der Waals surface area contributed by atoms with E-state index in [1.54, 1.807) is 48.5 Å². The van der Waals surface area contributed by atoms with E-state index in [2.05, 4.69) is 11.3 Å². The molecule has 0 aliphatic heterocycles. The molecule has 0 heterocycles.